The van der Waals surface area contributed by atoms with Crippen LogP contribution in [0.4, 0.5) is 30.4 Å². The highest BCUT2D eigenvalue weighted by atomic mass is 19.4. The van der Waals surface area contributed by atoms with Gasteiger partial charge >= 0.3 is 6.18 Å². The zero-order valence-electron chi connectivity index (χ0n) is 14.6. The van der Waals surface area contributed by atoms with Crippen LogP contribution in [0.25, 0.3) is 11.0 Å². The van der Waals surface area contributed by atoms with E-state index < -0.39 is 11.7 Å². The van der Waals surface area contributed by atoms with E-state index >= 15 is 0 Å². The van der Waals surface area contributed by atoms with Gasteiger partial charge in [0.05, 0.1) is 23.7 Å². The van der Waals surface area contributed by atoms with Crippen LogP contribution in [0, 0.1) is 6.92 Å². The van der Waals surface area contributed by atoms with E-state index in [1.807, 2.05) is 32.0 Å². The summed E-state index contributed by atoms with van der Waals surface area (Å²) in [5, 5.41) is 6.12. The van der Waals surface area contributed by atoms with Crippen molar-refractivity contribution in [2.24, 2.45) is 0 Å². The summed E-state index contributed by atoms with van der Waals surface area (Å²) in [6.45, 7) is 4.24. The number of aromatic nitrogens is 2. The largest absolute Gasteiger partial charge is 0.495 e. The zero-order chi connectivity index (χ0) is 18.9. The van der Waals surface area contributed by atoms with Gasteiger partial charge in [-0.1, -0.05) is 6.07 Å². The number of alkyl halides is 3. The van der Waals surface area contributed by atoms with E-state index in [0.717, 1.165) is 11.8 Å². The molecule has 0 spiro atoms. The van der Waals surface area contributed by atoms with Crippen LogP contribution < -0.4 is 15.4 Å². The van der Waals surface area contributed by atoms with Gasteiger partial charge in [0.2, 0.25) is 0 Å². The summed E-state index contributed by atoms with van der Waals surface area (Å²) < 4.78 is 45.1. The lowest BCUT2D eigenvalue weighted by Crippen LogP contribution is -2.07. The Hall–Kier alpha value is -2.90. The minimum Gasteiger partial charge on any atom is -0.495 e. The molecular weight excluding hydrogens is 345 g/mol. The third-order valence-corrected chi connectivity index (χ3v) is 3.93. The van der Waals surface area contributed by atoms with E-state index in [4.69, 9.17) is 4.74 Å². The average Bonchev–Trinajstić information content (AvgIpc) is 3.01. The minimum absolute atomic E-state index is 0.0285. The Morgan fingerprint density at radius 3 is 2.62 bits per heavy atom. The van der Waals surface area contributed by atoms with Gasteiger partial charge in [-0.05, 0) is 31.5 Å². The molecule has 0 atom stereocenters. The van der Waals surface area contributed by atoms with E-state index in [-0.39, 0.29) is 11.0 Å². The maximum Gasteiger partial charge on any atom is 0.418 e. The number of ether oxygens (including phenoxy) is 1. The summed E-state index contributed by atoms with van der Waals surface area (Å²) in [5.74, 6) is 1.03. The number of H-pyrrole nitrogens is 1. The Kier molecular flexibility index (Phi) is 4.67. The van der Waals surface area contributed by atoms with Crippen molar-refractivity contribution in [1.29, 1.82) is 0 Å². The molecule has 3 N–H and O–H groups in total. The Bertz CT molecular complexity index is 934. The molecular formula is C18H19F3N4O. The Morgan fingerprint density at radius 2 is 1.96 bits per heavy atom. The lowest BCUT2D eigenvalue weighted by molar-refractivity contribution is -0.136. The van der Waals surface area contributed by atoms with Crippen molar-refractivity contribution in [1.82, 2.24) is 9.97 Å². The van der Waals surface area contributed by atoms with E-state index in [2.05, 4.69) is 20.6 Å². The van der Waals surface area contributed by atoms with Crippen molar-refractivity contribution in [3.63, 3.8) is 0 Å². The van der Waals surface area contributed by atoms with Crippen molar-refractivity contribution in [2.45, 2.75) is 20.0 Å². The van der Waals surface area contributed by atoms with E-state index in [1.54, 1.807) is 13.2 Å². The third-order valence-electron chi connectivity index (χ3n) is 3.93. The van der Waals surface area contributed by atoms with Gasteiger partial charge in [0, 0.05) is 24.5 Å². The number of aryl methyl sites for hydroxylation is 1. The fourth-order valence-corrected chi connectivity index (χ4v) is 2.79. The van der Waals surface area contributed by atoms with E-state index in [9.17, 15) is 13.2 Å². The topological polar surface area (TPSA) is 62.0 Å². The second kappa shape index (κ2) is 6.78. The molecule has 3 rings (SSSR count). The first-order valence-electron chi connectivity index (χ1n) is 8.08. The van der Waals surface area contributed by atoms with E-state index in [1.165, 1.54) is 0 Å². The number of hydrogen-bond acceptors (Lipinski definition) is 4. The molecule has 0 unspecified atom stereocenters. The summed E-state index contributed by atoms with van der Waals surface area (Å²) in [6.07, 6.45) is -3.52. The first-order valence-corrected chi connectivity index (χ1v) is 8.08. The van der Waals surface area contributed by atoms with Gasteiger partial charge in [-0.15, -0.1) is 0 Å². The molecule has 0 saturated carbocycles. The molecule has 0 fully saturated rings. The average molecular weight is 364 g/mol. The fourth-order valence-electron chi connectivity index (χ4n) is 2.79. The highest BCUT2D eigenvalue weighted by Gasteiger charge is 2.35. The molecule has 5 nitrogen and oxygen atoms in total. The first-order chi connectivity index (χ1) is 12.3. The smallest absolute Gasteiger partial charge is 0.418 e. The molecule has 8 heteroatoms. The number of rotatable bonds is 5. The molecule has 0 aliphatic carbocycles. The Balaban J connectivity index is 2.08. The molecule has 2 heterocycles. The van der Waals surface area contributed by atoms with E-state index in [0.29, 0.717) is 29.5 Å². The Labute approximate surface area is 148 Å². The number of aromatic amines is 1. The fraction of sp³-hybridized carbons (Fsp3) is 0.278. The molecule has 0 aliphatic rings. The predicted molar refractivity (Wildman–Crippen MR) is 96.3 cm³/mol. The van der Waals surface area contributed by atoms with Crippen molar-refractivity contribution in [3.8, 4) is 5.75 Å². The molecule has 26 heavy (non-hydrogen) atoms. The number of fused-ring (bicyclic) bond motifs is 1. The highest BCUT2D eigenvalue weighted by molar-refractivity contribution is 5.95. The number of benzene rings is 1. The molecule has 3 aromatic rings. The molecule has 0 bridgehead atoms. The number of nitrogens with one attached hydrogen (secondary N) is 3. The van der Waals surface area contributed by atoms with Crippen LogP contribution in [-0.4, -0.2) is 23.6 Å². The van der Waals surface area contributed by atoms with Gasteiger partial charge in [0.25, 0.3) is 0 Å². The van der Waals surface area contributed by atoms with Gasteiger partial charge in [-0.25, -0.2) is 4.98 Å². The van der Waals surface area contributed by atoms with Crippen LogP contribution in [0.1, 0.15) is 18.1 Å². The van der Waals surface area contributed by atoms with Crippen LogP contribution in [0.3, 0.4) is 0 Å². The molecule has 138 valence electrons. The third kappa shape index (κ3) is 3.40. The normalized spacial score (nSPS) is 11.6. The van der Waals surface area contributed by atoms with Crippen LogP contribution in [0.2, 0.25) is 0 Å². The molecule has 0 radical (unpaired) electrons. The maximum atomic E-state index is 13.2. The number of nitrogens with zero attached hydrogens (tertiary/aromatic N) is 1. The van der Waals surface area contributed by atoms with Crippen molar-refractivity contribution in [2.75, 3.05) is 24.3 Å². The molecule has 1 aromatic carbocycles. The van der Waals surface area contributed by atoms with Gasteiger partial charge in [-0.2, -0.15) is 13.2 Å². The Morgan fingerprint density at radius 1 is 1.19 bits per heavy atom. The van der Waals surface area contributed by atoms with Gasteiger partial charge < -0.3 is 20.4 Å². The number of pyridine rings is 1. The van der Waals surface area contributed by atoms with Gasteiger partial charge in [0.15, 0.2) is 0 Å². The summed E-state index contributed by atoms with van der Waals surface area (Å²) in [7, 11) is 1.56. The molecule has 0 amide bonds. The maximum absolute atomic E-state index is 13.2. The number of methoxy groups -OCH3 is 1. The molecule has 2 aromatic heterocycles. The lowest BCUT2D eigenvalue weighted by Gasteiger charge is -2.14. The van der Waals surface area contributed by atoms with Crippen LogP contribution in [-0.2, 0) is 6.18 Å². The second-order valence-electron chi connectivity index (χ2n) is 5.84. The summed E-state index contributed by atoms with van der Waals surface area (Å²) in [6, 6.07) is 7.17. The van der Waals surface area contributed by atoms with Crippen LogP contribution in [0.15, 0.2) is 30.5 Å². The number of halogens is 3. The zero-order valence-corrected chi connectivity index (χ0v) is 14.6. The van der Waals surface area contributed by atoms with Crippen LogP contribution >= 0.6 is 0 Å². The van der Waals surface area contributed by atoms with Crippen LogP contribution in [0.5, 0.6) is 5.75 Å². The van der Waals surface area contributed by atoms with Crippen molar-refractivity contribution in [3.05, 3.63) is 41.6 Å². The summed E-state index contributed by atoms with van der Waals surface area (Å²) in [5.41, 5.74) is 1.48. The number of anilines is 3. The quantitative estimate of drug-likeness (QED) is 0.591. The highest BCUT2D eigenvalue weighted by Crippen LogP contribution is 2.39. The molecule has 0 aliphatic heterocycles. The monoisotopic (exact) mass is 364 g/mol. The summed E-state index contributed by atoms with van der Waals surface area (Å²) >= 11 is 0. The number of hydrogen-bond donors (Lipinski definition) is 3. The predicted octanol–water partition coefficient (Wildman–Crippen LogP) is 5.07. The lowest BCUT2D eigenvalue weighted by atomic mass is 10.1. The first kappa shape index (κ1) is 17.9. The summed E-state index contributed by atoms with van der Waals surface area (Å²) in [4.78, 5) is 6.90. The van der Waals surface area contributed by atoms with Gasteiger partial charge in [0.1, 0.15) is 17.2 Å². The minimum atomic E-state index is -4.46. The van der Waals surface area contributed by atoms with Gasteiger partial charge in [-0.3, -0.25) is 0 Å². The molecule has 0 saturated heterocycles. The second-order valence-corrected chi connectivity index (χ2v) is 5.84. The standard InChI is InChI=1S/C18H19F3N4O/c1-4-22-13-8-15(24-12-6-5-10(2)7-14(12)26-3)25-17-16(13)11(9-23-17)18(19,20)21/h5-9H,4H2,1-3H3,(H3,22,23,24,25). The SMILES string of the molecule is CCNc1cc(Nc2ccc(C)cc2OC)nc2[nH]cc(C(F)(F)F)c12. The van der Waals surface area contributed by atoms with Crippen molar-refractivity contribution < 1.29 is 17.9 Å². The van der Waals surface area contributed by atoms with Crippen molar-refractivity contribution >= 4 is 28.2 Å².